The van der Waals surface area contributed by atoms with Crippen LogP contribution in [0.4, 0.5) is 0 Å². The van der Waals surface area contributed by atoms with Gasteiger partial charge < -0.3 is 5.32 Å². The molecule has 1 aliphatic rings. The summed E-state index contributed by atoms with van der Waals surface area (Å²) < 4.78 is 0. The van der Waals surface area contributed by atoms with Gasteiger partial charge >= 0.3 is 0 Å². The first kappa shape index (κ1) is 13.8. The first-order valence-corrected chi connectivity index (χ1v) is 7.10. The molecule has 0 bridgehead atoms. The number of allylic oxidation sites excluding steroid dienone is 1. The van der Waals surface area contributed by atoms with E-state index in [1.54, 1.807) is 0 Å². The minimum absolute atomic E-state index is 0.781. The third-order valence-electron chi connectivity index (χ3n) is 4.20. The predicted molar refractivity (Wildman–Crippen MR) is 72.6 cm³/mol. The lowest BCUT2D eigenvalue weighted by Gasteiger charge is -2.34. The molecule has 0 amide bonds. The third kappa shape index (κ3) is 4.69. The Labute approximate surface area is 102 Å². The van der Waals surface area contributed by atoms with E-state index < -0.39 is 0 Å². The number of hydrogen-bond acceptors (Lipinski definition) is 1. The van der Waals surface area contributed by atoms with Crippen LogP contribution in [0.3, 0.4) is 0 Å². The van der Waals surface area contributed by atoms with Crippen molar-refractivity contribution in [3.63, 3.8) is 0 Å². The molecule has 1 heteroatoms. The molecule has 0 saturated heterocycles. The van der Waals surface area contributed by atoms with Crippen molar-refractivity contribution in [3.8, 4) is 0 Å². The standard InChI is InChI=1S/C15H29N/c1-4-5-6-7-8-12-16-15-11-9-10-13(2)14(15)3/h4,13-16H,1,5-12H2,2-3H3. The molecular formula is C15H29N. The SMILES string of the molecule is C=CCCCCCNC1CCCC(C)C1C. The summed E-state index contributed by atoms with van der Waals surface area (Å²) >= 11 is 0. The Bertz CT molecular complexity index is 188. The molecule has 1 aliphatic carbocycles. The molecule has 0 aromatic rings. The van der Waals surface area contributed by atoms with Crippen molar-refractivity contribution in [2.45, 2.75) is 64.8 Å². The average Bonchev–Trinajstić information content (AvgIpc) is 2.29. The molecule has 16 heavy (non-hydrogen) atoms. The van der Waals surface area contributed by atoms with Gasteiger partial charge in [-0.15, -0.1) is 6.58 Å². The van der Waals surface area contributed by atoms with Crippen molar-refractivity contribution in [1.29, 1.82) is 0 Å². The molecule has 0 aromatic carbocycles. The maximum atomic E-state index is 3.75. The smallest absolute Gasteiger partial charge is 0.00952 e. The Balaban J connectivity index is 2.05. The van der Waals surface area contributed by atoms with E-state index in [2.05, 4.69) is 25.7 Å². The van der Waals surface area contributed by atoms with Gasteiger partial charge in [0.15, 0.2) is 0 Å². The second-order valence-electron chi connectivity index (χ2n) is 5.47. The Morgan fingerprint density at radius 1 is 1.19 bits per heavy atom. The fraction of sp³-hybridized carbons (Fsp3) is 0.867. The summed E-state index contributed by atoms with van der Waals surface area (Å²) in [5.74, 6) is 1.77. The third-order valence-corrected chi connectivity index (χ3v) is 4.20. The monoisotopic (exact) mass is 223 g/mol. The largest absolute Gasteiger partial charge is 0.314 e. The Kier molecular flexibility index (Phi) is 6.79. The van der Waals surface area contributed by atoms with Gasteiger partial charge in [0.25, 0.3) is 0 Å². The topological polar surface area (TPSA) is 12.0 Å². The van der Waals surface area contributed by atoms with E-state index in [-0.39, 0.29) is 0 Å². The molecule has 0 aliphatic heterocycles. The fourth-order valence-corrected chi connectivity index (χ4v) is 2.75. The molecule has 3 atom stereocenters. The van der Waals surface area contributed by atoms with Gasteiger partial charge in [-0.05, 0) is 44.1 Å². The van der Waals surface area contributed by atoms with E-state index in [9.17, 15) is 0 Å². The maximum absolute atomic E-state index is 3.75. The number of unbranched alkanes of at least 4 members (excludes halogenated alkanes) is 3. The summed E-state index contributed by atoms with van der Waals surface area (Å²) in [6.45, 7) is 9.78. The molecular weight excluding hydrogens is 194 g/mol. The van der Waals surface area contributed by atoms with Crippen LogP contribution in [0, 0.1) is 11.8 Å². The quantitative estimate of drug-likeness (QED) is 0.505. The van der Waals surface area contributed by atoms with E-state index in [1.165, 1.54) is 51.5 Å². The van der Waals surface area contributed by atoms with Gasteiger partial charge in [0.05, 0.1) is 0 Å². The van der Waals surface area contributed by atoms with Gasteiger partial charge in [0, 0.05) is 6.04 Å². The van der Waals surface area contributed by atoms with E-state index >= 15 is 0 Å². The Morgan fingerprint density at radius 3 is 2.75 bits per heavy atom. The molecule has 1 saturated carbocycles. The number of hydrogen-bond donors (Lipinski definition) is 1. The summed E-state index contributed by atoms with van der Waals surface area (Å²) in [6, 6.07) is 0.781. The highest BCUT2D eigenvalue weighted by Gasteiger charge is 2.25. The highest BCUT2D eigenvalue weighted by atomic mass is 14.9. The van der Waals surface area contributed by atoms with Gasteiger partial charge in [-0.2, -0.15) is 0 Å². The molecule has 1 nitrogen and oxygen atoms in total. The van der Waals surface area contributed by atoms with Crippen molar-refractivity contribution < 1.29 is 0 Å². The highest BCUT2D eigenvalue weighted by molar-refractivity contribution is 4.82. The van der Waals surface area contributed by atoms with Gasteiger partial charge in [-0.1, -0.05) is 39.2 Å². The lowest BCUT2D eigenvalue weighted by Crippen LogP contribution is -2.40. The van der Waals surface area contributed by atoms with Crippen molar-refractivity contribution in [3.05, 3.63) is 12.7 Å². The Morgan fingerprint density at radius 2 is 2.00 bits per heavy atom. The number of nitrogens with one attached hydrogen (secondary N) is 1. The van der Waals surface area contributed by atoms with Crippen LogP contribution in [-0.4, -0.2) is 12.6 Å². The highest BCUT2D eigenvalue weighted by Crippen LogP contribution is 2.29. The zero-order valence-corrected chi connectivity index (χ0v) is 11.2. The minimum Gasteiger partial charge on any atom is -0.314 e. The van der Waals surface area contributed by atoms with Crippen molar-refractivity contribution in [2.75, 3.05) is 6.54 Å². The zero-order chi connectivity index (χ0) is 11.8. The minimum atomic E-state index is 0.781. The van der Waals surface area contributed by atoms with E-state index in [1.807, 2.05) is 6.08 Å². The predicted octanol–water partition coefficient (Wildman–Crippen LogP) is 4.15. The van der Waals surface area contributed by atoms with Crippen LogP contribution < -0.4 is 5.32 Å². The van der Waals surface area contributed by atoms with Crippen LogP contribution in [0.15, 0.2) is 12.7 Å². The molecule has 0 heterocycles. The molecule has 1 rings (SSSR count). The first-order chi connectivity index (χ1) is 7.75. The van der Waals surface area contributed by atoms with Crippen molar-refractivity contribution in [1.82, 2.24) is 5.32 Å². The van der Waals surface area contributed by atoms with Gasteiger partial charge in [-0.25, -0.2) is 0 Å². The van der Waals surface area contributed by atoms with Gasteiger partial charge in [0.2, 0.25) is 0 Å². The molecule has 0 aromatic heterocycles. The molecule has 1 fully saturated rings. The fourth-order valence-electron chi connectivity index (χ4n) is 2.75. The lowest BCUT2D eigenvalue weighted by atomic mass is 9.78. The summed E-state index contributed by atoms with van der Waals surface area (Å²) in [5, 5.41) is 3.75. The van der Waals surface area contributed by atoms with E-state index in [0.717, 1.165) is 17.9 Å². The van der Waals surface area contributed by atoms with Crippen LogP contribution in [0.1, 0.15) is 58.8 Å². The van der Waals surface area contributed by atoms with Crippen molar-refractivity contribution >= 4 is 0 Å². The lowest BCUT2D eigenvalue weighted by molar-refractivity contribution is 0.206. The first-order valence-electron chi connectivity index (χ1n) is 7.10. The van der Waals surface area contributed by atoms with Crippen LogP contribution in [0.5, 0.6) is 0 Å². The van der Waals surface area contributed by atoms with Gasteiger partial charge in [-0.3, -0.25) is 0 Å². The molecule has 0 spiro atoms. The van der Waals surface area contributed by atoms with Gasteiger partial charge in [0.1, 0.15) is 0 Å². The second-order valence-corrected chi connectivity index (χ2v) is 5.47. The number of rotatable bonds is 7. The summed E-state index contributed by atoms with van der Waals surface area (Å²) in [7, 11) is 0. The Hall–Kier alpha value is -0.300. The molecule has 3 unspecified atom stereocenters. The maximum Gasteiger partial charge on any atom is 0.00952 e. The molecule has 0 radical (unpaired) electrons. The second kappa shape index (κ2) is 7.89. The van der Waals surface area contributed by atoms with Crippen LogP contribution in [0.2, 0.25) is 0 Å². The summed E-state index contributed by atoms with van der Waals surface area (Å²) in [6.07, 6.45) is 11.4. The molecule has 1 N–H and O–H groups in total. The zero-order valence-electron chi connectivity index (χ0n) is 11.2. The van der Waals surface area contributed by atoms with Crippen LogP contribution in [0.25, 0.3) is 0 Å². The summed E-state index contributed by atoms with van der Waals surface area (Å²) in [5.41, 5.74) is 0. The van der Waals surface area contributed by atoms with E-state index in [0.29, 0.717) is 0 Å². The van der Waals surface area contributed by atoms with E-state index in [4.69, 9.17) is 0 Å². The summed E-state index contributed by atoms with van der Waals surface area (Å²) in [4.78, 5) is 0. The molecule has 94 valence electrons. The van der Waals surface area contributed by atoms with Crippen molar-refractivity contribution in [2.24, 2.45) is 11.8 Å². The normalized spacial score (nSPS) is 30.2. The average molecular weight is 223 g/mol. The van der Waals surface area contributed by atoms with Crippen LogP contribution >= 0.6 is 0 Å². The van der Waals surface area contributed by atoms with Crippen LogP contribution in [-0.2, 0) is 0 Å².